The Labute approximate surface area is 144 Å². The van der Waals surface area contributed by atoms with Gasteiger partial charge in [-0.05, 0) is 30.8 Å². The third-order valence-corrected chi connectivity index (χ3v) is 4.50. The number of carboxylic acids is 1. The highest BCUT2D eigenvalue weighted by molar-refractivity contribution is 8.18. The van der Waals surface area contributed by atoms with Crippen molar-refractivity contribution in [1.29, 1.82) is 0 Å². The van der Waals surface area contributed by atoms with Crippen LogP contribution in [0.15, 0.2) is 28.1 Å². The summed E-state index contributed by atoms with van der Waals surface area (Å²) in [5.74, 6) is -0.599. The number of carbonyl (C=O) groups excluding carboxylic acids is 1. The van der Waals surface area contributed by atoms with Gasteiger partial charge in [0.1, 0.15) is 0 Å². The van der Waals surface area contributed by atoms with Gasteiger partial charge in [0.2, 0.25) is 0 Å². The summed E-state index contributed by atoms with van der Waals surface area (Å²) in [4.78, 5) is 29.3. The number of methoxy groups -OCH3 is 1. The zero-order valence-electron chi connectivity index (χ0n) is 13.8. The van der Waals surface area contributed by atoms with Gasteiger partial charge in [-0.3, -0.25) is 14.7 Å². The lowest BCUT2D eigenvalue weighted by Gasteiger charge is -2.16. The lowest BCUT2D eigenvalue weighted by Crippen LogP contribution is -2.24. The number of carbonyl (C=O) groups is 2. The average Bonchev–Trinajstić information content (AvgIpc) is 2.83. The molecule has 0 aromatic heterocycles. The Balaban J connectivity index is 2.45. The first-order valence-electron chi connectivity index (χ1n) is 7.09. The molecule has 1 aromatic rings. The SMILES string of the molecule is CN=C1S/C(=C\c2cccc(OC)c2OC(C)C(=O)O)C(=O)N1C. The maximum Gasteiger partial charge on any atom is 0.344 e. The molecular formula is C16H18N2O5S. The molecule has 1 amide bonds. The number of amides is 1. The Hall–Kier alpha value is -2.48. The highest BCUT2D eigenvalue weighted by Gasteiger charge is 2.30. The molecule has 0 saturated carbocycles. The number of aliphatic carboxylic acids is 1. The lowest BCUT2D eigenvalue weighted by molar-refractivity contribution is -0.144. The Kier molecular flexibility index (Phi) is 5.50. The van der Waals surface area contributed by atoms with E-state index in [0.29, 0.717) is 21.4 Å². The highest BCUT2D eigenvalue weighted by Crippen LogP contribution is 2.37. The number of nitrogens with zero attached hydrogens (tertiary/aromatic N) is 2. The largest absolute Gasteiger partial charge is 0.493 e. The predicted molar refractivity (Wildman–Crippen MR) is 92.4 cm³/mol. The molecule has 0 spiro atoms. The van der Waals surface area contributed by atoms with Crippen LogP contribution in [0.4, 0.5) is 0 Å². The molecule has 1 heterocycles. The van der Waals surface area contributed by atoms with Crippen LogP contribution in [0.5, 0.6) is 11.5 Å². The average molecular weight is 350 g/mol. The third-order valence-electron chi connectivity index (χ3n) is 3.35. The summed E-state index contributed by atoms with van der Waals surface area (Å²) in [7, 11) is 4.73. The number of aliphatic imine (C=N–C) groups is 1. The molecule has 24 heavy (non-hydrogen) atoms. The molecule has 1 fully saturated rings. The summed E-state index contributed by atoms with van der Waals surface area (Å²) in [6.07, 6.45) is 0.592. The normalized spacial score (nSPS) is 19.0. The van der Waals surface area contributed by atoms with Crippen LogP contribution in [0, 0.1) is 0 Å². The molecule has 2 rings (SSSR count). The molecule has 128 valence electrons. The van der Waals surface area contributed by atoms with E-state index in [1.165, 1.54) is 30.7 Å². The van der Waals surface area contributed by atoms with Crippen LogP contribution in [0.25, 0.3) is 6.08 Å². The quantitative estimate of drug-likeness (QED) is 0.818. The number of ether oxygens (including phenoxy) is 2. The predicted octanol–water partition coefficient (Wildman–Crippen LogP) is 2.08. The van der Waals surface area contributed by atoms with Crippen LogP contribution in [-0.2, 0) is 9.59 Å². The Morgan fingerprint density at radius 2 is 2.17 bits per heavy atom. The molecule has 1 aliphatic heterocycles. The number of carboxylic acid groups (broad SMARTS) is 1. The summed E-state index contributed by atoms with van der Waals surface area (Å²) in [5, 5.41) is 9.66. The zero-order valence-corrected chi connectivity index (χ0v) is 14.6. The van der Waals surface area contributed by atoms with Crippen molar-refractivity contribution in [2.75, 3.05) is 21.2 Å². The van der Waals surface area contributed by atoms with E-state index in [0.717, 1.165) is 0 Å². The second-order valence-electron chi connectivity index (χ2n) is 4.96. The second kappa shape index (κ2) is 7.39. The van der Waals surface area contributed by atoms with Crippen molar-refractivity contribution >= 4 is 34.9 Å². The van der Waals surface area contributed by atoms with Gasteiger partial charge in [0.25, 0.3) is 5.91 Å². The number of benzene rings is 1. The fraction of sp³-hybridized carbons (Fsp3) is 0.312. The van der Waals surface area contributed by atoms with Crippen LogP contribution in [0.2, 0.25) is 0 Å². The zero-order chi connectivity index (χ0) is 17.9. The standard InChI is InChI=1S/C16H18N2O5S/c1-9(15(20)21)23-13-10(6-5-7-11(13)22-4)8-12-14(19)18(3)16(17-2)24-12/h5-9H,1-4H3,(H,20,21)/b12-8-,17-16?. The van der Waals surface area contributed by atoms with E-state index in [2.05, 4.69) is 4.99 Å². The Morgan fingerprint density at radius 1 is 1.46 bits per heavy atom. The number of hydrogen-bond donors (Lipinski definition) is 1. The minimum absolute atomic E-state index is 0.180. The molecule has 0 radical (unpaired) electrons. The smallest absolute Gasteiger partial charge is 0.344 e. The van der Waals surface area contributed by atoms with Gasteiger partial charge in [0.15, 0.2) is 22.8 Å². The Morgan fingerprint density at radius 3 is 2.71 bits per heavy atom. The van der Waals surface area contributed by atoms with E-state index >= 15 is 0 Å². The van der Waals surface area contributed by atoms with E-state index < -0.39 is 12.1 Å². The third kappa shape index (κ3) is 3.53. The van der Waals surface area contributed by atoms with Crippen molar-refractivity contribution in [3.05, 3.63) is 28.7 Å². The van der Waals surface area contributed by atoms with E-state index in [1.807, 2.05) is 0 Å². The molecule has 1 aromatic carbocycles. The lowest BCUT2D eigenvalue weighted by atomic mass is 10.1. The van der Waals surface area contributed by atoms with Gasteiger partial charge < -0.3 is 14.6 Å². The van der Waals surface area contributed by atoms with Crippen LogP contribution in [0.1, 0.15) is 12.5 Å². The van der Waals surface area contributed by atoms with E-state index in [-0.39, 0.29) is 11.7 Å². The summed E-state index contributed by atoms with van der Waals surface area (Å²) in [6, 6.07) is 5.14. The molecule has 1 N–H and O–H groups in total. The van der Waals surface area contributed by atoms with Gasteiger partial charge in [-0.2, -0.15) is 0 Å². The van der Waals surface area contributed by atoms with Gasteiger partial charge in [-0.15, -0.1) is 0 Å². The number of rotatable bonds is 5. The van der Waals surface area contributed by atoms with Crippen LogP contribution in [0.3, 0.4) is 0 Å². The van der Waals surface area contributed by atoms with Crippen molar-refractivity contribution in [3.8, 4) is 11.5 Å². The van der Waals surface area contributed by atoms with Crippen molar-refractivity contribution in [2.24, 2.45) is 4.99 Å². The number of likely N-dealkylation sites (N-methyl/N-ethyl adjacent to an activating group) is 1. The molecule has 0 bridgehead atoms. The monoisotopic (exact) mass is 350 g/mol. The first-order valence-corrected chi connectivity index (χ1v) is 7.91. The van der Waals surface area contributed by atoms with Crippen molar-refractivity contribution in [3.63, 3.8) is 0 Å². The summed E-state index contributed by atoms with van der Waals surface area (Å²) >= 11 is 1.24. The number of thioether (sulfide) groups is 1. The van der Waals surface area contributed by atoms with Gasteiger partial charge in [-0.1, -0.05) is 12.1 Å². The van der Waals surface area contributed by atoms with Gasteiger partial charge in [0.05, 0.1) is 12.0 Å². The summed E-state index contributed by atoms with van der Waals surface area (Å²) in [6.45, 7) is 1.43. The number of para-hydroxylation sites is 1. The molecular weight excluding hydrogens is 332 g/mol. The van der Waals surface area contributed by atoms with Crippen LogP contribution >= 0.6 is 11.8 Å². The number of amidine groups is 1. The minimum atomic E-state index is -1.09. The fourth-order valence-corrected chi connectivity index (χ4v) is 2.97. The molecule has 1 aliphatic rings. The van der Waals surface area contributed by atoms with E-state index in [1.54, 1.807) is 38.4 Å². The second-order valence-corrected chi connectivity index (χ2v) is 5.97. The molecule has 1 unspecified atom stereocenters. The molecule has 0 aliphatic carbocycles. The fourth-order valence-electron chi connectivity index (χ4n) is 2.05. The molecule has 8 heteroatoms. The first kappa shape index (κ1) is 17.9. The van der Waals surface area contributed by atoms with Crippen molar-refractivity contribution in [1.82, 2.24) is 4.90 Å². The van der Waals surface area contributed by atoms with Gasteiger partial charge in [0, 0.05) is 19.7 Å². The van der Waals surface area contributed by atoms with Crippen molar-refractivity contribution < 1.29 is 24.2 Å². The molecule has 7 nitrogen and oxygen atoms in total. The minimum Gasteiger partial charge on any atom is -0.493 e. The van der Waals surface area contributed by atoms with Crippen molar-refractivity contribution in [2.45, 2.75) is 13.0 Å². The summed E-state index contributed by atoms with van der Waals surface area (Å²) in [5.41, 5.74) is 0.559. The van der Waals surface area contributed by atoms with E-state index in [9.17, 15) is 9.59 Å². The summed E-state index contributed by atoms with van der Waals surface area (Å²) < 4.78 is 10.8. The van der Waals surface area contributed by atoms with E-state index in [4.69, 9.17) is 14.6 Å². The number of hydrogen-bond acceptors (Lipinski definition) is 6. The maximum atomic E-state index is 12.3. The molecule has 1 atom stereocenters. The maximum absolute atomic E-state index is 12.3. The Bertz CT molecular complexity index is 729. The van der Waals surface area contributed by atoms with Crippen LogP contribution in [-0.4, -0.2) is 54.4 Å². The van der Waals surface area contributed by atoms with Gasteiger partial charge >= 0.3 is 5.97 Å². The molecule has 1 saturated heterocycles. The van der Waals surface area contributed by atoms with Crippen LogP contribution < -0.4 is 9.47 Å². The first-order chi connectivity index (χ1) is 11.4. The topological polar surface area (TPSA) is 88.4 Å². The highest BCUT2D eigenvalue weighted by atomic mass is 32.2. The van der Waals surface area contributed by atoms with Gasteiger partial charge in [-0.25, -0.2) is 4.79 Å².